The van der Waals surface area contributed by atoms with Crippen LogP contribution in [0.3, 0.4) is 0 Å². The Kier molecular flexibility index (Phi) is 8.35. The Morgan fingerprint density at radius 2 is 1.79 bits per heavy atom. The number of hydrogen-bond donors (Lipinski definition) is 1. The van der Waals surface area contributed by atoms with Gasteiger partial charge in [-0.05, 0) is 13.3 Å². The van der Waals surface area contributed by atoms with E-state index in [9.17, 15) is 29.1 Å². The van der Waals surface area contributed by atoms with Gasteiger partial charge in [0.15, 0.2) is 0 Å². The van der Waals surface area contributed by atoms with Gasteiger partial charge in [-0.2, -0.15) is 0 Å². The van der Waals surface area contributed by atoms with Crippen LogP contribution in [0.1, 0.15) is 44.5 Å². The van der Waals surface area contributed by atoms with Crippen LogP contribution in [-0.4, -0.2) is 83.2 Å². The number of aliphatic hydroxyl groups is 1. The fourth-order valence-electron chi connectivity index (χ4n) is 4.85. The number of ether oxygens (including phenoxy) is 4. The quantitative estimate of drug-likeness (QED) is 0.216. The smallest absolute Gasteiger partial charge is 0.303 e. The lowest BCUT2D eigenvalue weighted by Crippen LogP contribution is -2.63. The molecule has 1 aromatic rings. The molecule has 2 unspecified atom stereocenters. The molecule has 1 N–H and O–H groups in total. The molecule has 2 aliphatic rings. The van der Waals surface area contributed by atoms with E-state index in [0.717, 1.165) is 21.0 Å². The normalized spacial score (nSPS) is 26.7. The molecule has 2 aliphatic heterocycles. The number of esters is 1. The van der Waals surface area contributed by atoms with Crippen molar-refractivity contribution in [2.45, 2.75) is 63.8 Å². The van der Waals surface area contributed by atoms with Gasteiger partial charge in [-0.15, -0.1) is 0 Å². The molecule has 1 aromatic carbocycles. The second-order valence-corrected chi connectivity index (χ2v) is 8.88. The third-order valence-electron chi connectivity index (χ3n) is 6.58. The zero-order valence-electron chi connectivity index (χ0n) is 22.0. The minimum atomic E-state index is -2.72. The third-order valence-corrected chi connectivity index (χ3v) is 6.58. The summed E-state index contributed by atoms with van der Waals surface area (Å²) in [6.07, 6.45) is -0.648. The number of carbonyl (C=O) groups is 5. The van der Waals surface area contributed by atoms with E-state index in [-0.39, 0.29) is 16.9 Å². The van der Waals surface area contributed by atoms with Crippen molar-refractivity contribution < 1.29 is 48.0 Å². The molecule has 0 bridgehead atoms. The molecule has 3 rings (SSSR count). The topological polar surface area (TPSA) is 146 Å². The first-order valence-electron chi connectivity index (χ1n) is 11.9. The number of methoxy groups -OCH3 is 2. The van der Waals surface area contributed by atoms with Gasteiger partial charge in [0.25, 0.3) is 17.2 Å². The van der Waals surface area contributed by atoms with Crippen molar-refractivity contribution >= 4 is 29.4 Å². The minimum Gasteiger partial charge on any atom is -0.466 e. The molecule has 0 aliphatic carbocycles. The second-order valence-electron chi connectivity index (χ2n) is 8.88. The predicted octanol–water partition coefficient (Wildman–Crippen LogP) is 1.49. The van der Waals surface area contributed by atoms with E-state index >= 15 is 0 Å². The lowest BCUT2D eigenvalue weighted by Gasteiger charge is -2.37. The minimum absolute atomic E-state index is 0.0159. The number of carbonyl (C=O) groups excluding carboxylic acids is 5. The van der Waals surface area contributed by atoms with Gasteiger partial charge in [-0.25, -0.2) is 4.90 Å². The van der Waals surface area contributed by atoms with E-state index in [1.165, 1.54) is 26.2 Å². The number of rotatable bonds is 9. The van der Waals surface area contributed by atoms with Crippen LogP contribution in [0, 0.1) is 0 Å². The summed E-state index contributed by atoms with van der Waals surface area (Å²) in [7, 11) is 2.39. The SMILES string of the molecule is CC/C=C\C(OC)C(O)C1=C(C)C(=O)[C@]2(O1)C(=O)N(C(C)=O)[C@@](OC)(C(=O)c1ccccc1)[C@@H]2OC(C)=O. The van der Waals surface area contributed by atoms with Gasteiger partial charge < -0.3 is 24.1 Å². The molecule has 2 heterocycles. The summed E-state index contributed by atoms with van der Waals surface area (Å²) in [5, 5.41) is 11.1. The Labute approximate surface area is 220 Å². The Morgan fingerprint density at radius 3 is 2.29 bits per heavy atom. The third kappa shape index (κ3) is 4.26. The maximum absolute atomic E-state index is 14.0. The van der Waals surface area contributed by atoms with Gasteiger partial charge >= 0.3 is 5.97 Å². The fourth-order valence-corrected chi connectivity index (χ4v) is 4.85. The van der Waals surface area contributed by atoms with Crippen LogP contribution in [0.25, 0.3) is 0 Å². The van der Waals surface area contributed by atoms with Crippen molar-refractivity contribution in [3.63, 3.8) is 0 Å². The molecular formula is C27H31NO10. The largest absolute Gasteiger partial charge is 0.466 e. The van der Waals surface area contributed by atoms with Crippen LogP contribution in [0.5, 0.6) is 0 Å². The Morgan fingerprint density at radius 1 is 1.16 bits per heavy atom. The van der Waals surface area contributed by atoms with Crippen molar-refractivity contribution in [2.75, 3.05) is 14.2 Å². The molecule has 0 aromatic heterocycles. The molecule has 1 saturated heterocycles. The van der Waals surface area contributed by atoms with Crippen molar-refractivity contribution in [1.29, 1.82) is 0 Å². The highest BCUT2D eigenvalue weighted by Gasteiger charge is 2.80. The van der Waals surface area contributed by atoms with Gasteiger partial charge in [0.2, 0.25) is 23.6 Å². The monoisotopic (exact) mass is 529 g/mol. The molecule has 2 amide bonds. The standard InChI is InChI=1S/C27H31NO10/c1-7-8-14-19(35-5)20(31)21-15(2)22(32)26(38-21)24(37-17(4)30)27(36-6,28(16(3)29)25(26)34)23(33)18-12-10-9-11-13-18/h8-14,19-20,24,31H,7H2,1-6H3/b14-8-/t19?,20?,24-,26-,27-/m1/s1. The molecule has 5 atom stereocenters. The van der Waals surface area contributed by atoms with Gasteiger partial charge in [-0.1, -0.05) is 49.4 Å². The van der Waals surface area contributed by atoms with Crippen molar-refractivity contribution in [3.05, 3.63) is 59.4 Å². The molecule has 0 saturated carbocycles. The second kappa shape index (κ2) is 11.0. The molecule has 11 nitrogen and oxygen atoms in total. The summed E-state index contributed by atoms with van der Waals surface area (Å²) < 4.78 is 22.3. The van der Waals surface area contributed by atoms with E-state index in [2.05, 4.69) is 0 Å². The van der Waals surface area contributed by atoms with Crippen molar-refractivity contribution in [2.24, 2.45) is 0 Å². The summed E-state index contributed by atoms with van der Waals surface area (Å²) in [6, 6.07) is 7.58. The summed E-state index contributed by atoms with van der Waals surface area (Å²) in [5.74, 6) is -5.45. The van der Waals surface area contributed by atoms with E-state index in [1.54, 1.807) is 30.4 Å². The number of allylic oxidation sites excluding steroid dienone is 1. The molecule has 11 heteroatoms. The van der Waals surface area contributed by atoms with Crippen LogP contribution < -0.4 is 0 Å². The first-order chi connectivity index (χ1) is 17.9. The number of ketones is 2. The Hall–Kier alpha value is -3.67. The van der Waals surface area contributed by atoms with Crippen LogP contribution in [0.15, 0.2) is 53.8 Å². The molecule has 1 spiro atoms. The van der Waals surface area contributed by atoms with E-state index in [1.807, 2.05) is 6.92 Å². The number of imide groups is 1. The fraction of sp³-hybridized carbons (Fsp3) is 0.444. The lowest BCUT2D eigenvalue weighted by molar-refractivity contribution is -0.193. The van der Waals surface area contributed by atoms with E-state index in [4.69, 9.17) is 18.9 Å². The molecule has 38 heavy (non-hydrogen) atoms. The van der Waals surface area contributed by atoms with E-state index < -0.39 is 59.0 Å². The number of hydrogen-bond acceptors (Lipinski definition) is 10. The average Bonchev–Trinajstić information content (AvgIpc) is 3.28. The number of Topliss-reactive ketones (excluding diaryl/α,β-unsaturated/α-hetero) is 2. The number of nitrogens with zero attached hydrogens (tertiary/aromatic N) is 1. The van der Waals surface area contributed by atoms with Crippen molar-refractivity contribution in [1.82, 2.24) is 4.90 Å². The Balaban J connectivity index is 2.26. The summed E-state index contributed by atoms with van der Waals surface area (Å²) in [4.78, 5) is 67.4. The zero-order valence-corrected chi connectivity index (χ0v) is 22.0. The first kappa shape index (κ1) is 28.9. The lowest BCUT2D eigenvalue weighted by atomic mass is 9.84. The predicted molar refractivity (Wildman–Crippen MR) is 131 cm³/mol. The Bertz CT molecular complexity index is 1210. The molecule has 204 valence electrons. The van der Waals surface area contributed by atoms with Gasteiger partial charge in [0.05, 0.1) is 0 Å². The van der Waals surface area contributed by atoms with Gasteiger partial charge in [0, 0.05) is 39.2 Å². The van der Waals surface area contributed by atoms with Crippen molar-refractivity contribution in [3.8, 4) is 0 Å². The highest BCUT2D eigenvalue weighted by Crippen LogP contribution is 2.50. The average molecular weight is 530 g/mol. The number of amides is 2. The summed E-state index contributed by atoms with van der Waals surface area (Å²) in [6.45, 7) is 5.19. The van der Waals surface area contributed by atoms with Crippen LogP contribution in [0.2, 0.25) is 0 Å². The van der Waals surface area contributed by atoms with E-state index in [0.29, 0.717) is 11.3 Å². The summed E-state index contributed by atoms with van der Waals surface area (Å²) in [5.41, 5.74) is -5.46. The highest BCUT2D eigenvalue weighted by atomic mass is 16.6. The number of aliphatic hydroxyl groups excluding tert-OH is 1. The van der Waals surface area contributed by atoms with Gasteiger partial charge in [-0.3, -0.25) is 24.0 Å². The van der Waals surface area contributed by atoms with Gasteiger partial charge in [0.1, 0.15) is 18.0 Å². The summed E-state index contributed by atoms with van der Waals surface area (Å²) >= 11 is 0. The number of benzene rings is 1. The zero-order chi connectivity index (χ0) is 28.4. The molecule has 0 radical (unpaired) electrons. The van der Waals surface area contributed by atoms with Crippen LogP contribution in [0.4, 0.5) is 0 Å². The molecule has 1 fully saturated rings. The highest BCUT2D eigenvalue weighted by molar-refractivity contribution is 6.26. The first-order valence-corrected chi connectivity index (χ1v) is 11.9. The number of likely N-dealkylation sites (tertiary alicyclic amines) is 1. The van der Waals surface area contributed by atoms with Crippen LogP contribution in [-0.2, 0) is 38.1 Å². The maximum atomic E-state index is 14.0. The maximum Gasteiger partial charge on any atom is 0.303 e. The molecular weight excluding hydrogens is 498 g/mol. The van der Waals surface area contributed by atoms with Crippen LogP contribution >= 0.6 is 0 Å².